The molecule has 0 saturated heterocycles. The van der Waals surface area contributed by atoms with Gasteiger partial charge in [0.1, 0.15) is 25.8 Å². The van der Waals surface area contributed by atoms with Crippen LogP contribution in [0.15, 0.2) is 72.8 Å². The van der Waals surface area contributed by atoms with E-state index in [2.05, 4.69) is 5.32 Å². The number of hydrogen-bond donors (Lipinski definition) is 1. The first-order chi connectivity index (χ1) is 19.5. The van der Waals surface area contributed by atoms with E-state index < -0.39 is 28.5 Å². The number of carbonyl (C=O) groups excluding carboxylic acids is 2. The van der Waals surface area contributed by atoms with Gasteiger partial charge >= 0.3 is 0 Å². The standard InChI is InChI=1S/C31H37N3O6S/c1-22(2)32-31(36)27(18-24-8-6-5-7-9-24)33(20-25-12-10-23(3)11-13-25)30(35)21-34(41(4,37)38)26-14-15-28-29(19-26)40-17-16-39-28/h5-15,19,22,27H,16-18,20-21H2,1-4H3,(H,32,36)/t27-/m0/s1. The normalized spacial score (nSPS) is 13.4. The maximum atomic E-state index is 14.1. The van der Waals surface area contributed by atoms with Crippen LogP contribution < -0.4 is 19.1 Å². The topological polar surface area (TPSA) is 105 Å². The van der Waals surface area contributed by atoms with Crippen LogP contribution in [-0.4, -0.2) is 63.2 Å². The van der Waals surface area contributed by atoms with Crippen LogP contribution in [0.1, 0.15) is 30.5 Å². The monoisotopic (exact) mass is 579 g/mol. The summed E-state index contributed by atoms with van der Waals surface area (Å²) in [6, 6.07) is 20.9. The lowest BCUT2D eigenvalue weighted by Crippen LogP contribution is -2.54. The number of benzene rings is 3. The predicted octanol–water partition coefficient (Wildman–Crippen LogP) is 3.70. The zero-order chi connectivity index (χ0) is 29.6. The van der Waals surface area contributed by atoms with Gasteiger partial charge in [-0.3, -0.25) is 13.9 Å². The minimum Gasteiger partial charge on any atom is -0.486 e. The Morgan fingerprint density at radius 2 is 1.56 bits per heavy atom. The minimum absolute atomic E-state index is 0.126. The Balaban J connectivity index is 1.72. The third-order valence-electron chi connectivity index (χ3n) is 6.67. The molecule has 1 N–H and O–H groups in total. The highest BCUT2D eigenvalue weighted by atomic mass is 32.2. The molecule has 1 aliphatic heterocycles. The number of nitrogens with zero attached hydrogens (tertiary/aromatic N) is 2. The number of anilines is 1. The molecule has 0 saturated carbocycles. The average molecular weight is 580 g/mol. The fourth-order valence-electron chi connectivity index (χ4n) is 4.63. The number of hydrogen-bond acceptors (Lipinski definition) is 6. The van der Waals surface area contributed by atoms with Gasteiger partial charge in [0.2, 0.25) is 21.8 Å². The molecule has 1 aliphatic rings. The Kier molecular flexibility index (Phi) is 9.54. The maximum Gasteiger partial charge on any atom is 0.244 e. The van der Waals surface area contributed by atoms with E-state index >= 15 is 0 Å². The molecule has 0 fully saturated rings. The van der Waals surface area contributed by atoms with Gasteiger partial charge < -0.3 is 19.7 Å². The third kappa shape index (κ3) is 8.00. The minimum atomic E-state index is -3.89. The zero-order valence-corrected chi connectivity index (χ0v) is 24.7. The largest absolute Gasteiger partial charge is 0.486 e. The molecule has 1 heterocycles. The molecule has 9 nitrogen and oxygen atoms in total. The van der Waals surface area contributed by atoms with Gasteiger partial charge in [0, 0.05) is 25.1 Å². The van der Waals surface area contributed by atoms with Gasteiger partial charge in [-0.1, -0.05) is 60.2 Å². The Morgan fingerprint density at radius 1 is 0.902 bits per heavy atom. The van der Waals surface area contributed by atoms with Crippen molar-refractivity contribution >= 4 is 27.5 Å². The van der Waals surface area contributed by atoms with Crippen molar-refractivity contribution in [2.45, 2.75) is 45.8 Å². The number of fused-ring (bicyclic) bond motifs is 1. The molecule has 1 atom stereocenters. The van der Waals surface area contributed by atoms with Crippen molar-refractivity contribution in [3.63, 3.8) is 0 Å². The summed E-state index contributed by atoms with van der Waals surface area (Å²) in [6.45, 7) is 6.05. The Hall–Kier alpha value is -4.05. The summed E-state index contributed by atoms with van der Waals surface area (Å²) in [7, 11) is -3.89. The lowest BCUT2D eigenvalue weighted by atomic mass is 10.0. The average Bonchev–Trinajstić information content (AvgIpc) is 2.93. The van der Waals surface area contributed by atoms with E-state index in [1.807, 2.05) is 75.4 Å². The van der Waals surface area contributed by atoms with Crippen LogP contribution in [-0.2, 0) is 32.6 Å². The number of rotatable bonds is 11. The fourth-order valence-corrected chi connectivity index (χ4v) is 5.47. The Labute approximate surface area is 242 Å². The summed E-state index contributed by atoms with van der Waals surface area (Å²) in [5.74, 6) is 0.0963. The predicted molar refractivity (Wildman–Crippen MR) is 159 cm³/mol. The first-order valence-corrected chi connectivity index (χ1v) is 15.4. The smallest absolute Gasteiger partial charge is 0.244 e. The number of carbonyl (C=O) groups is 2. The van der Waals surface area contributed by atoms with Crippen molar-refractivity contribution < 1.29 is 27.5 Å². The van der Waals surface area contributed by atoms with Crippen molar-refractivity contribution in [2.24, 2.45) is 0 Å². The molecular formula is C31H37N3O6S. The van der Waals surface area contributed by atoms with E-state index in [9.17, 15) is 18.0 Å². The second kappa shape index (κ2) is 13.1. The van der Waals surface area contributed by atoms with Crippen molar-refractivity contribution in [3.8, 4) is 11.5 Å². The van der Waals surface area contributed by atoms with Crippen LogP contribution in [0.25, 0.3) is 0 Å². The maximum absolute atomic E-state index is 14.1. The number of amides is 2. The number of sulfonamides is 1. The Bertz CT molecular complexity index is 1460. The molecule has 0 spiro atoms. The molecule has 0 radical (unpaired) electrons. The fraction of sp³-hybridized carbons (Fsp3) is 0.355. The molecule has 0 unspecified atom stereocenters. The van der Waals surface area contributed by atoms with E-state index in [0.717, 1.165) is 27.3 Å². The molecule has 0 aromatic heterocycles. The van der Waals surface area contributed by atoms with Crippen molar-refractivity contribution in [3.05, 3.63) is 89.5 Å². The van der Waals surface area contributed by atoms with E-state index in [1.54, 1.807) is 18.2 Å². The second-order valence-corrected chi connectivity index (χ2v) is 12.4. The quantitative estimate of drug-likeness (QED) is 0.372. The van der Waals surface area contributed by atoms with Crippen molar-refractivity contribution in [1.29, 1.82) is 0 Å². The van der Waals surface area contributed by atoms with Crippen LogP contribution in [0.3, 0.4) is 0 Å². The Morgan fingerprint density at radius 3 is 2.20 bits per heavy atom. The van der Waals surface area contributed by atoms with E-state index in [-0.39, 0.29) is 30.6 Å². The van der Waals surface area contributed by atoms with Gasteiger partial charge in [-0.15, -0.1) is 0 Å². The van der Waals surface area contributed by atoms with Gasteiger partial charge in [-0.2, -0.15) is 0 Å². The highest BCUT2D eigenvalue weighted by molar-refractivity contribution is 7.92. The van der Waals surface area contributed by atoms with Gasteiger partial charge in [-0.25, -0.2) is 8.42 Å². The zero-order valence-electron chi connectivity index (χ0n) is 23.9. The van der Waals surface area contributed by atoms with Crippen molar-refractivity contribution in [2.75, 3.05) is 30.3 Å². The lowest BCUT2D eigenvalue weighted by molar-refractivity contribution is -0.140. The molecule has 0 aliphatic carbocycles. The summed E-state index contributed by atoms with van der Waals surface area (Å²) in [6.07, 6.45) is 1.31. The molecule has 10 heteroatoms. The van der Waals surface area contributed by atoms with Gasteiger partial charge in [-0.05, 0) is 44.0 Å². The lowest BCUT2D eigenvalue weighted by Gasteiger charge is -2.34. The summed E-state index contributed by atoms with van der Waals surface area (Å²) in [5.41, 5.74) is 3.04. The van der Waals surface area contributed by atoms with Crippen LogP contribution >= 0.6 is 0 Å². The highest BCUT2D eigenvalue weighted by Crippen LogP contribution is 2.34. The molecule has 218 valence electrons. The molecule has 41 heavy (non-hydrogen) atoms. The third-order valence-corrected chi connectivity index (χ3v) is 7.81. The number of ether oxygens (including phenoxy) is 2. The summed E-state index contributed by atoms with van der Waals surface area (Å²) in [4.78, 5) is 29.2. The number of aryl methyl sites for hydroxylation is 1. The van der Waals surface area contributed by atoms with E-state index in [1.165, 1.54) is 4.90 Å². The number of nitrogens with one attached hydrogen (secondary N) is 1. The molecule has 3 aromatic carbocycles. The summed E-state index contributed by atoms with van der Waals surface area (Å²) < 4.78 is 38.3. The first-order valence-electron chi connectivity index (χ1n) is 13.6. The second-order valence-electron chi connectivity index (χ2n) is 10.5. The summed E-state index contributed by atoms with van der Waals surface area (Å²) in [5, 5.41) is 2.95. The molecule has 0 bridgehead atoms. The van der Waals surface area contributed by atoms with Crippen LogP contribution in [0.2, 0.25) is 0 Å². The van der Waals surface area contributed by atoms with Gasteiger partial charge in [0.05, 0.1) is 11.9 Å². The summed E-state index contributed by atoms with van der Waals surface area (Å²) >= 11 is 0. The van der Waals surface area contributed by atoms with Crippen LogP contribution in [0.4, 0.5) is 5.69 Å². The molecule has 2 amide bonds. The molecule has 3 aromatic rings. The van der Waals surface area contributed by atoms with E-state index in [4.69, 9.17) is 9.47 Å². The molecule has 4 rings (SSSR count). The van der Waals surface area contributed by atoms with Crippen LogP contribution in [0, 0.1) is 6.92 Å². The van der Waals surface area contributed by atoms with Crippen molar-refractivity contribution in [1.82, 2.24) is 10.2 Å². The molecular weight excluding hydrogens is 542 g/mol. The van der Waals surface area contributed by atoms with Crippen LogP contribution in [0.5, 0.6) is 11.5 Å². The van der Waals surface area contributed by atoms with Gasteiger partial charge in [0.15, 0.2) is 11.5 Å². The highest BCUT2D eigenvalue weighted by Gasteiger charge is 2.33. The van der Waals surface area contributed by atoms with E-state index in [0.29, 0.717) is 24.7 Å². The SMILES string of the molecule is Cc1ccc(CN(C(=O)CN(c2ccc3c(c2)OCCO3)S(C)(=O)=O)[C@@H](Cc2ccccc2)C(=O)NC(C)C)cc1. The first kappa shape index (κ1) is 29.9. The van der Waals surface area contributed by atoms with Gasteiger partial charge in [0.25, 0.3) is 0 Å².